The molecule has 0 rings (SSSR count). The molecule has 0 spiro atoms. The Morgan fingerprint density at radius 1 is 1.50 bits per heavy atom. The molecule has 0 unspecified atom stereocenters. The molecule has 0 aliphatic heterocycles. The standard InChI is InChI=1S/C3H2F3O2/c1-8-2(7)3(4,5)6/h1H2/q+1. The molecule has 0 bridgehead atoms. The van der Waals surface area contributed by atoms with Crippen molar-refractivity contribution in [3.8, 4) is 0 Å². The van der Waals surface area contributed by atoms with Crippen LogP contribution in [0.5, 0.6) is 0 Å². The Kier molecular flexibility index (Phi) is 1.72. The second-order valence-corrected chi connectivity index (χ2v) is 0.930. The third-order valence-corrected chi connectivity index (χ3v) is 0.363. The molecule has 0 aromatic rings. The second kappa shape index (κ2) is 1.94. The first-order valence-electron chi connectivity index (χ1n) is 1.51. The van der Waals surface area contributed by atoms with Crippen LogP contribution in [-0.2, 0) is 9.22 Å². The molecule has 0 saturated carbocycles. The van der Waals surface area contributed by atoms with Gasteiger partial charge in [0.2, 0.25) is 0 Å². The van der Waals surface area contributed by atoms with E-state index in [1.807, 2.05) is 0 Å². The van der Waals surface area contributed by atoms with Crippen molar-refractivity contribution in [1.82, 2.24) is 0 Å². The summed E-state index contributed by atoms with van der Waals surface area (Å²) < 4.78 is 35.9. The maximum atomic E-state index is 10.9. The van der Waals surface area contributed by atoms with Gasteiger partial charge in [-0.05, 0) is 0 Å². The van der Waals surface area contributed by atoms with Crippen molar-refractivity contribution >= 4 is 12.8 Å². The SMILES string of the molecule is C=[O+]C(=O)C(F)(F)F. The van der Waals surface area contributed by atoms with E-state index in [0.717, 1.165) is 0 Å². The summed E-state index contributed by atoms with van der Waals surface area (Å²) in [5, 5.41) is 0. The van der Waals surface area contributed by atoms with E-state index >= 15 is 0 Å². The number of carbonyl (C=O) groups is 1. The van der Waals surface area contributed by atoms with E-state index in [2.05, 4.69) is 11.2 Å². The van der Waals surface area contributed by atoms with Gasteiger partial charge in [-0.2, -0.15) is 13.2 Å². The zero-order valence-corrected chi connectivity index (χ0v) is 3.66. The summed E-state index contributed by atoms with van der Waals surface area (Å²) >= 11 is 0. The Labute approximate surface area is 42.6 Å². The van der Waals surface area contributed by atoms with Crippen LogP contribution in [0, 0.1) is 0 Å². The molecule has 0 N–H and O–H groups in total. The average molecular weight is 127 g/mol. The average Bonchev–Trinajstić information content (AvgIpc) is 1.62. The Morgan fingerprint density at radius 2 is 1.88 bits per heavy atom. The molecule has 0 aromatic carbocycles. The van der Waals surface area contributed by atoms with Gasteiger partial charge in [0.1, 0.15) is 0 Å². The molecule has 0 saturated heterocycles. The second-order valence-electron chi connectivity index (χ2n) is 0.930. The monoisotopic (exact) mass is 127 g/mol. The highest BCUT2D eigenvalue weighted by Crippen LogP contribution is 2.14. The van der Waals surface area contributed by atoms with Gasteiger partial charge < -0.3 is 0 Å². The van der Waals surface area contributed by atoms with Crippen molar-refractivity contribution in [1.29, 1.82) is 0 Å². The maximum Gasteiger partial charge on any atom is 0.686 e. The lowest BCUT2D eigenvalue weighted by molar-refractivity contribution is -0.398. The molecule has 2 nitrogen and oxygen atoms in total. The van der Waals surface area contributed by atoms with Crippen LogP contribution in [0.25, 0.3) is 0 Å². The molecular weight excluding hydrogens is 125 g/mol. The highest BCUT2D eigenvalue weighted by Gasteiger charge is 2.51. The van der Waals surface area contributed by atoms with Crippen LogP contribution in [-0.4, -0.2) is 18.9 Å². The summed E-state index contributed by atoms with van der Waals surface area (Å²) in [4.78, 5) is 9.42. The van der Waals surface area contributed by atoms with Crippen LogP contribution < -0.4 is 0 Å². The summed E-state index contributed by atoms with van der Waals surface area (Å²) in [6.45, 7) is 2.28. The zero-order valence-electron chi connectivity index (χ0n) is 3.66. The fourth-order valence-electron chi connectivity index (χ4n) is 0.0818. The van der Waals surface area contributed by atoms with Gasteiger partial charge in [0.15, 0.2) is 6.79 Å². The Hall–Kier alpha value is -0.870. The van der Waals surface area contributed by atoms with Crippen LogP contribution in [0.2, 0.25) is 0 Å². The minimum absolute atomic E-state index is 2.28. The van der Waals surface area contributed by atoms with E-state index in [-0.39, 0.29) is 0 Å². The Bertz CT molecular complexity index is 114. The minimum atomic E-state index is -4.91. The molecule has 8 heavy (non-hydrogen) atoms. The molecule has 0 amide bonds. The van der Waals surface area contributed by atoms with Crippen LogP contribution in [0.3, 0.4) is 0 Å². The molecule has 0 heterocycles. The van der Waals surface area contributed by atoms with Crippen molar-refractivity contribution in [2.75, 3.05) is 0 Å². The highest BCUT2D eigenvalue weighted by molar-refractivity contribution is 5.72. The van der Waals surface area contributed by atoms with Gasteiger partial charge >= 0.3 is 12.1 Å². The lowest BCUT2D eigenvalue weighted by atomic mass is 10.7. The lowest BCUT2D eigenvalue weighted by Gasteiger charge is -1.86. The molecule has 46 valence electrons. The van der Waals surface area contributed by atoms with Crippen molar-refractivity contribution in [2.45, 2.75) is 6.18 Å². The van der Waals surface area contributed by atoms with E-state index < -0.39 is 12.1 Å². The highest BCUT2D eigenvalue weighted by atomic mass is 19.4. The quantitative estimate of drug-likeness (QED) is 0.434. The van der Waals surface area contributed by atoms with Crippen molar-refractivity contribution < 1.29 is 22.4 Å². The topological polar surface area (TPSA) is 28.4 Å². The fraction of sp³-hybridized carbons (Fsp3) is 0.333. The fourth-order valence-corrected chi connectivity index (χ4v) is 0.0818. The first-order valence-corrected chi connectivity index (χ1v) is 1.51. The molecule has 0 aliphatic carbocycles. The lowest BCUT2D eigenvalue weighted by Crippen LogP contribution is -2.22. The normalized spacial score (nSPS) is 10.9. The van der Waals surface area contributed by atoms with E-state index in [1.54, 1.807) is 0 Å². The predicted octanol–water partition coefficient (Wildman–Crippen LogP) is 0.440. The van der Waals surface area contributed by atoms with Crippen LogP contribution in [0.4, 0.5) is 13.2 Å². The third-order valence-electron chi connectivity index (χ3n) is 0.363. The molecular formula is C3H2F3O2+. The Morgan fingerprint density at radius 3 is 1.88 bits per heavy atom. The molecule has 0 aromatic heterocycles. The molecule has 0 fully saturated rings. The number of halogens is 3. The third kappa shape index (κ3) is 1.72. The number of rotatable bonds is 0. The van der Waals surface area contributed by atoms with Crippen molar-refractivity contribution in [2.24, 2.45) is 0 Å². The van der Waals surface area contributed by atoms with Crippen molar-refractivity contribution in [3.63, 3.8) is 0 Å². The van der Waals surface area contributed by atoms with E-state index in [4.69, 9.17) is 0 Å². The number of hydrogen-bond donors (Lipinski definition) is 0. The van der Waals surface area contributed by atoms with Gasteiger partial charge in [-0.15, -0.1) is 0 Å². The summed E-state index contributed by atoms with van der Waals surface area (Å²) in [5.41, 5.74) is 0. The number of hydrogen-bond acceptors (Lipinski definition) is 1. The Balaban J connectivity index is 4.02. The summed E-state index contributed by atoms with van der Waals surface area (Å²) in [6, 6.07) is 0. The van der Waals surface area contributed by atoms with Gasteiger partial charge in [-0.25, -0.2) is 0 Å². The number of carbonyl (C=O) groups excluding carboxylic acids is 2. The summed E-state index contributed by atoms with van der Waals surface area (Å²) in [5.74, 6) is -2.28. The van der Waals surface area contributed by atoms with Gasteiger partial charge in [0.25, 0.3) is 0 Å². The van der Waals surface area contributed by atoms with Gasteiger partial charge in [0, 0.05) is 0 Å². The summed E-state index contributed by atoms with van der Waals surface area (Å²) in [7, 11) is 0. The van der Waals surface area contributed by atoms with Crippen LogP contribution >= 0.6 is 0 Å². The van der Waals surface area contributed by atoms with Crippen LogP contribution in [0.1, 0.15) is 0 Å². The zero-order chi connectivity index (χ0) is 6.78. The van der Waals surface area contributed by atoms with E-state index in [9.17, 15) is 18.0 Å². The van der Waals surface area contributed by atoms with Gasteiger partial charge in [-0.1, -0.05) is 0 Å². The van der Waals surface area contributed by atoms with Crippen molar-refractivity contribution in [3.05, 3.63) is 0 Å². The first kappa shape index (κ1) is 7.13. The first-order chi connectivity index (χ1) is 3.48. The van der Waals surface area contributed by atoms with Gasteiger partial charge in [-0.3, -0.25) is 4.42 Å². The maximum absolute atomic E-state index is 10.9. The number of alkyl halides is 3. The molecule has 0 aliphatic rings. The largest absolute Gasteiger partial charge is 0.686 e. The van der Waals surface area contributed by atoms with E-state index in [0.29, 0.717) is 0 Å². The summed E-state index contributed by atoms with van der Waals surface area (Å²) in [6.07, 6.45) is -4.91. The predicted molar refractivity (Wildman–Crippen MR) is 18.2 cm³/mol. The minimum Gasteiger partial charge on any atom is -0.281 e. The van der Waals surface area contributed by atoms with E-state index in [1.165, 1.54) is 0 Å². The molecule has 5 heteroatoms. The molecule has 0 radical (unpaired) electrons. The molecule has 0 atom stereocenters. The van der Waals surface area contributed by atoms with Gasteiger partial charge in [0.05, 0.1) is 4.79 Å². The van der Waals surface area contributed by atoms with Crippen LogP contribution in [0.15, 0.2) is 0 Å². The smallest absolute Gasteiger partial charge is 0.281 e.